The van der Waals surface area contributed by atoms with Crippen LogP contribution in [-0.4, -0.2) is 5.78 Å². The molecule has 3 rings (SSSR count). The molecule has 2 aromatic carbocycles. The van der Waals surface area contributed by atoms with Gasteiger partial charge in [-0.1, -0.05) is 29.8 Å². The molecule has 1 heterocycles. The lowest BCUT2D eigenvalue weighted by Crippen LogP contribution is -2.02. The van der Waals surface area contributed by atoms with E-state index < -0.39 is 5.82 Å². The molecule has 0 aliphatic carbocycles. The molecule has 3 aromatic rings. The van der Waals surface area contributed by atoms with Gasteiger partial charge in [0.2, 0.25) is 0 Å². The zero-order valence-electron chi connectivity index (χ0n) is 9.99. The predicted molar refractivity (Wildman–Crippen MR) is 84.4 cm³/mol. The molecule has 0 atom stereocenters. The van der Waals surface area contributed by atoms with E-state index in [0.717, 1.165) is 14.6 Å². The maximum Gasteiger partial charge on any atom is 0.196 e. The summed E-state index contributed by atoms with van der Waals surface area (Å²) in [5.74, 6) is -0.850. The Bertz CT molecular complexity index is 828. The van der Waals surface area contributed by atoms with E-state index in [2.05, 4.69) is 15.9 Å². The molecule has 0 unspecified atom stereocenters. The molecule has 1 nitrogen and oxygen atoms in total. The Morgan fingerprint density at radius 3 is 2.70 bits per heavy atom. The maximum absolute atomic E-state index is 13.5. The fourth-order valence-corrected chi connectivity index (χ4v) is 3.84. The number of benzene rings is 2. The summed E-state index contributed by atoms with van der Waals surface area (Å²) in [6, 6.07) is 9.91. The zero-order chi connectivity index (χ0) is 14.3. The average Bonchev–Trinajstić information content (AvgIpc) is 2.86. The summed E-state index contributed by atoms with van der Waals surface area (Å²) < 4.78 is 15.4. The molecule has 20 heavy (non-hydrogen) atoms. The third kappa shape index (κ3) is 2.18. The first-order chi connectivity index (χ1) is 9.59. The minimum absolute atomic E-state index is 0.133. The third-order valence-electron chi connectivity index (χ3n) is 2.99. The van der Waals surface area contributed by atoms with Crippen molar-refractivity contribution in [1.29, 1.82) is 0 Å². The topological polar surface area (TPSA) is 17.1 Å². The Morgan fingerprint density at radius 1 is 1.15 bits per heavy atom. The number of hydrogen-bond donors (Lipinski definition) is 0. The van der Waals surface area contributed by atoms with E-state index >= 15 is 0 Å². The van der Waals surface area contributed by atoms with Gasteiger partial charge in [-0.2, -0.15) is 0 Å². The van der Waals surface area contributed by atoms with Crippen molar-refractivity contribution < 1.29 is 9.18 Å². The number of carbonyl (C=O) groups excluding carboxylic acids is 1. The van der Waals surface area contributed by atoms with Crippen LogP contribution in [-0.2, 0) is 0 Å². The molecule has 0 amide bonds. The van der Waals surface area contributed by atoms with Gasteiger partial charge in [-0.3, -0.25) is 4.79 Å². The molecule has 0 spiro atoms. The Kier molecular flexibility index (Phi) is 3.63. The summed E-state index contributed by atoms with van der Waals surface area (Å²) in [6.07, 6.45) is 0. The van der Waals surface area contributed by atoms with E-state index in [1.54, 1.807) is 5.38 Å². The van der Waals surface area contributed by atoms with Crippen molar-refractivity contribution in [1.82, 2.24) is 0 Å². The minimum Gasteiger partial charge on any atom is -0.288 e. The van der Waals surface area contributed by atoms with Crippen molar-refractivity contribution in [3.63, 3.8) is 0 Å². The van der Waals surface area contributed by atoms with E-state index in [-0.39, 0.29) is 16.4 Å². The molecular formula is C15H7BrClFOS. The molecule has 0 saturated carbocycles. The zero-order valence-corrected chi connectivity index (χ0v) is 13.2. The summed E-state index contributed by atoms with van der Waals surface area (Å²) in [5.41, 5.74) is 0.727. The number of fused-ring (bicyclic) bond motifs is 1. The smallest absolute Gasteiger partial charge is 0.196 e. The van der Waals surface area contributed by atoms with Crippen LogP contribution in [0.15, 0.2) is 46.3 Å². The summed E-state index contributed by atoms with van der Waals surface area (Å²) in [6.45, 7) is 0. The van der Waals surface area contributed by atoms with Crippen LogP contribution in [0.25, 0.3) is 10.1 Å². The molecule has 0 saturated heterocycles. The number of ketones is 1. The fraction of sp³-hybridized carbons (Fsp3) is 0. The van der Waals surface area contributed by atoms with Gasteiger partial charge in [-0.25, -0.2) is 4.39 Å². The number of halogens is 3. The van der Waals surface area contributed by atoms with Crippen LogP contribution >= 0.6 is 38.9 Å². The Hall–Kier alpha value is -1.23. The highest BCUT2D eigenvalue weighted by Crippen LogP contribution is 2.34. The summed E-state index contributed by atoms with van der Waals surface area (Å²) in [7, 11) is 0. The number of hydrogen-bond acceptors (Lipinski definition) is 2. The van der Waals surface area contributed by atoms with Crippen LogP contribution in [0.5, 0.6) is 0 Å². The minimum atomic E-state index is -0.585. The first kappa shape index (κ1) is 13.7. The van der Waals surface area contributed by atoms with Crippen molar-refractivity contribution in [2.45, 2.75) is 0 Å². The molecule has 100 valence electrons. The molecule has 0 bridgehead atoms. The maximum atomic E-state index is 13.5. The second-order valence-electron chi connectivity index (χ2n) is 4.20. The van der Waals surface area contributed by atoms with Gasteiger partial charge < -0.3 is 0 Å². The fourth-order valence-electron chi connectivity index (χ4n) is 2.02. The van der Waals surface area contributed by atoms with Gasteiger partial charge in [-0.15, -0.1) is 11.3 Å². The highest BCUT2D eigenvalue weighted by molar-refractivity contribution is 9.10. The van der Waals surface area contributed by atoms with E-state index in [0.29, 0.717) is 5.56 Å². The van der Waals surface area contributed by atoms with Gasteiger partial charge in [0.15, 0.2) is 5.78 Å². The van der Waals surface area contributed by atoms with E-state index in [1.807, 2.05) is 18.2 Å². The highest BCUT2D eigenvalue weighted by Gasteiger charge is 2.19. The van der Waals surface area contributed by atoms with Gasteiger partial charge in [-0.05, 0) is 34.1 Å². The van der Waals surface area contributed by atoms with E-state index in [9.17, 15) is 9.18 Å². The van der Waals surface area contributed by atoms with Crippen LogP contribution in [0.1, 0.15) is 15.9 Å². The molecular weight excluding hydrogens is 363 g/mol. The van der Waals surface area contributed by atoms with Crippen molar-refractivity contribution in [3.8, 4) is 0 Å². The van der Waals surface area contributed by atoms with Gasteiger partial charge in [0.05, 0.1) is 5.02 Å². The Labute approximate surface area is 132 Å². The van der Waals surface area contributed by atoms with E-state index in [4.69, 9.17) is 11.6 Å². The molecule has 0 N–H and O–H groups in total. The van der Waals surface area contributed by atoms with Crippen molar-refractivity contribution >= 4 is 54.7 Å². The number of carbonyl (C=O) groups is 1. The monoisotopic (exact) mass is 368 g/mol. The summed E-state index contributed by atoms with van der Waals surface area (Å²) in [4.78, 5) is 12.5. The van der Waals surface area contributed by atoms with Crippen LogP contribution in [0, 0.1) is 5.82 Å². The second kappa shape index (κ2) is 5.28. The van der Waals surface area contributed by atoms with E-state index in [1.165, 1.54) is 29.5 Å². The van der Waals surface area contributed by atoms with Crippen molar-refractivity contribution in [2.24, 2.45) is 0 Å². The molecule has 0 aliphatic rings. The first-order valence-electron chi connectivity index (χ1n) is 5.74. The largest absolute Gasteiger partial charge is 0.288 e. The third-order valence-corrected chi connectivity index (χ3v) is 5.33. The van der Waals surface area contributed by atoms with Crippen LogP contribution < -0.4 is 0 Å². The lowest BCUT2D eigenvalue weighted by Gasteiger charge is -2.03. The number of thiophene rings is 1. The first-order valence-corrected chi connectivity index (χ1v) is 7.79. The standard InChI is InChI=1S/C15H7BrClFOS/c16-11-5-1-3-8-10(7-20-15(8)11)14(19)9-4-2-6-12(18)13(9)17/h1-7H. The Balaban J connectivity index is 2.18. The predicted octanol–water partition coefficient (Wildman–Crippen LogP) is 5.69. The SMILES string of the molecule is O=C(c1cccc(F)c1Cl)c1csc2c(Br)cccc12. The number of rotatable bonds is 2. The molecule has 5 heteroatoms. The lowest BCUT2D eigenvalue weighted by atomic mass is 10.0. The van der Waals surface area contributed by atoms with Gasteiger partial charge in [0.1, 0.15) is 5.82 Å². The highest BCUT2D eigenvalue weighted by atomic mass is 79.9. The molecule has 0 radical (unpaired) electrons. The lowest BCUT2D eigenvalue weighted by molar-refractivity contribution is 0.104. The molecule has 0 fully saturated rings. The Morgan fingerprint density at radius 2 is 1.90 bits per heavy atom. The van der Waals surface area contributed by atoms with Crippen molar-refractivity contribution in [3.05, 3.63) is 68.2 Å². The van der Waals surface area contributed by atoms with Gasteiger partial charge in [0.25, 0.3) is 0 Å². The normalized spacial score (nSPS) is 10.9. The van der Waals surface area contributed by atoms with Gasteiger partial charge >= 0.3 is 0 Å². The summed E-state index contributed by atoms with van der Waals surface area (Å²) >= 11 is 10.8. The van der Waals surface area contributed by atoms with Crippen LogP contribution in [0.2, 0.25) is 5.02 Å². The van der Waals surface area contributed by atoms with Crippen LogP contribution in [0.3, 0.4) is 0 Å². The quantitative estimate of drug-likeness (QED) is 0.531. The molecule has 1 aromatic heterocycles. The van der Waals surface area contributed by atoms with Crippen LogP contribution in [0.4, 0.5) is 4.39 Å². The average molecular weight is 370 g/mol. The second-order valence-corrected chi connectivity index (χ2v) is 6.31. The molecule has 0 aliphatic heterocycles. The van der Waals surface area contributed by atoms with Gasteiger partial charge in [0, 0.05) is 31.1 Å². The van der Waals surface area contributed by atoms with Crippen molar-refractivity contribution in [2.75, 3.05) is 0 Å². The summed E-state index contributed by atoms with van der Waals surface area (Å²) in [5, 5.41) is 2.49.